The summed E-state index contributed by atoms with van der Waals surface area (Å²) in [7, 11) is 0. The summed E-state index contributed by atoms with van der Waals surface area (Å²) in [5.41, 5.74) is 2.39. The first-order chi connectivity index (χ1) is 14.4. The topological polar surface area (TPSA) is 12.5 Å². The summed E-state index contributed by atoms with van der Waals surface area (Å²) >= 11 is 24.2. The van der Waals surface area contributed by atoms with Gasteiger partial charge in [-0.25, -0.2) is 0 Å². The molecule has 1 aliphatic rings. The summed E-state index contributed by atoms with van der Waals surface area (Å²) in [4.78, 5) is 2.17. The maximum Gasteiger partial charge on any atom is 0.203 e. The largest absolute Gasteiger partial charge is 0.372 e. The van der Waals surface area contributed by atoms with Crippen molar-refractivity contribution in [1.29, 1.82) is 0 Å². The van der Waals surface area contributed by atoms with Gasteiger partial charge in [0.15, 0.2) is 0 Å². The van der Waals surface area contributed by atoms with Crippen LogP contribution in [0.2, 0.25) is 5.02 Å². The number of alkyl halides is 3. The number of halogens is 4. The lowest BCUT2D eigenvalue weighted by molar-refractivity contribution is -0.0238. The SMILES string of the molecule is Clc1ccc(C2CCN(CC(Cl)(Cl)Cl)CC2OCc2ccc3ccccc3c2)cc1. The molecule has 0 amide bonds. The van der Waals surface area contributed by atoms with E-state index in [1.54, 1.807) is 0 Å². The summed E-state index contributed by atoms with van der Waals surface area (Å²) < 4.78 is 5.16. The van der Waals surface area contributed by atoms with Crippen LogP contribution in [0.4, 0.5) is 0 Å². The maximum atomic E-state index is 6.46. The summed E-state index contributed by atoms with van der Waals surface area (Å²) in [5.74, 6) is 0.273. The molecule has 1 saturated heterocycles. The van der Waals surface area contributed by atoms with E-state index in [1.165, 1.54) is 16.3 Å². The van der Waals surface area contributed by atoms with Gasteiger partial charge in [0.25, 0.3) is 0 Å². The Morgan fingerprint density at radius 2 is 1.67 bits per heavy atom. The fraction of sp³-hybridized carbons (Fsp3) is 0.333. The van der Waals surface area contributed by atoms with E-state index < -0.39 is 3.79 Å². The van der Waals surface area contributed by atoms with Crippen LogP contribution < -0.4 is 0 Å². The highest BCUT2D eigenvalue weighted by atomic mass is 35.6. The second-order valence-corrected chi connectivity index (χ2v) is 10.8. The molecule has 0 radical (unpaired) electrons. The molecule has 2 atom stereocenters. The lowest BCUT2D eigenvalue weighted by Crippen LogP contribution is -2.46. The number of likely N-dealkylation sites (tertiary alicyclic amines) is 1. The summed E-state index contributed by atoms with van der Waals surface area (Å²) in [5, 5.41) is 3.18. The zero-order valence-electron chi connectivity index (χ0n) is 16.4. The van der Waals surface area contributed by atoms with Gasteiger partial charge in [0.1, 0.15) is 0 Å². The van der Waals surface area contributed by atoms with Gasteiger partial charge >= 0.3 is 0 Å². The number of hydrogen-bond donors (Lipinski definition) is 0. The van der Waals surface area contributed by atoms with Crippen molar-refractivity contribution in [2.45, 2.75) is 28.8 Å². The molecular weight excluding hydrogens is 460 g/mol. The number of ether oxygens (including phenoxy) is 1. The van der Waals surface area contributed by atoms with Crippen molar-refractivity contribution < 1.29 is 4.74 Å². The van der Waals surface area contributed by atoms with E-state index >= 15 is 0 Å². The molecule has 3 aromatic carbocycles. The second kappa shape index (κ2) is 9.65. The lowest BCUT2D eigenvalue weighted by atomic mass is 9.87. The lowest BCUT2D eigenvalue weighted by Gasteiger charge is -2.39. The number of hydrogen-bond acceptors (Lipinski definition) is 2. The van der Waals surface area contributed by atoms with Crippen LogP contribution in [0.3, 0.4) is 0 Å². The Hall–Kier alpha value is -1.00. The van der Waals surface area contributed by atoms with Crippen LogP contribution in [0.15, 0.2) is 66.7 Å². The predicted molar refractivity (Wildman–Crippen MR) is 128 cm³/mol. The Morgan fingerprint density at radius 3 is 2.40 bits per heavy atom. The van der Waals surface area contributed by atoms with E-state index in [4.69, 9.17) is 51.1 Å². The first-order valence-electron chi connectivity index (χ1n) is 10.0. The van der Waals surface area contributed by atoms with Crippen LogP contribution in [0.5, 0.6) is 0 Å². The van der Waals surface area contributed by atoms with Crippen molar-refractivity contribution in [3.05, 3.63) is 82.9 Å². The highest BCUT2D eigenvalue weighted by Crippen LogP contribution is 2.34. The van der Waals surface area contributed by atoms with Gasteiger partial charge in [-0.05, 0) is 53.1 Å². The van der Waals surface area contributed by atoms with Crippen LogP contribution in [-0.4, -0.2) is 34.4 Å². The molecule has 0 bridgehead atoms. The fourth-order valence-electron chi connectivity index (χ4n) is 4.17. The Kier molecular flexibility index (Phi) is 7.14. The molecule has 30 heavy (non-hydrogen) atoms. The second-order valence-electron chi connectivity index (χ2n) is 7.83. The third-order valence-corrected chi connectivity index (χ3v) is 6.23. The van der Waals surface area contributed by atoms with E-state index in [0.717, 1.165) is 30.1 Å². The molecule has 0 saturated carbocycles. The van der Waals surface area contributed by atoms with Gasteiger partial charge < -0.3 is 4.74 Å². The average molecular weight is 483 g/mol. The Morgan fingerprint density at radius 1 is 0.933 bits per heavy atom. The zero-order valence-corrected chi connectivity index (χ0v) is 19.4. The maximum absolute atomic E-state index is 6.46. The first kappa shape index (κ1) is 22.2. The Bertz CT molecular complexity index is 986. The zero-order chi connectivity index (χ0) is 21.1. The van der Waals surface area contributed by atoms with Crippen LogP contribution in [0, 0.1) is 0 Å². The van der Waals surface area contributed by atoms with Gasteiger partial charge in [0, 0.05) is 24.0 Å². The summed E-state index contributed by atoms with van der Waals surface area (Å²) in [6, 6.07) is 22.8. The molecule has 158 valence electrons. The monoisotopic (exact) mass is 481 g/mol. The number of nitrogens with zero attached hydrogens (tertiary/aromatic N) is 1. The van der Waals surface area contributed by atoms with Gasteiger partial charge in [-0.1, -0.05) is 94.9 Å². The fourth-order valence-corrected chi connectivity index (χ4v) is 4.80. The average Bonchev–Trinajstić information content (AvgIpc) is 2.72. The standard InChI is InChI=1S/C24H23Cl4NO/c25-21-9-7-19(8-10-21)22-11-12-29(16-24(26,27)28)14-23(22)30-15-17-5-6-18-3-1-2-4-20(18)13-17/h1-10,13,22-23H,11-12,14-16H2. The van der Waals surface area contributed by atoms with Crippen LogP contribution in [0.1, 0.15) is 23.5 Å². The molecule has 6 heteroatoms. The molecule has 1 aliphatic heterocycles. The number of rotatable bonds is 5. The molecule has 0 aliphatic carbocycles. The van der Waals surface area contributed by atoms with E-state index in [1.807, 2.05) is 12.1 Å². The Balaban J connectivity index is 1.51. The normalized spacial score (nSPS) is 20.5. The third kappa shape index (κ3) is 5.82. The quantitative estimate of drug-likeness (QED) is 0.355. The van der Waals surface area contributed by atoms with Crippen LogP contribution in [0.25, 0.3) is 10.8 Å². The highest BCUT2D eigenvalue weighted by Gasteiger charge is 2.34. The summed E-state index contributed by atoms with van der Waals surface area (Å²) in [6.07, 6.45) is 0.934. The molecule has 1 fully saturated rings. The van der Waals surface area contributed by atoms with Crippen LogP contribution >= 0.6 is 46.4 Å². The molecule has 4 rings (SSSR count). The van der Waals surface area contributed by atoms with Gasteiger partial charge in [0.05, 0.1) is 12.7 Å². The molecule has 2 unspecified atom stereocenters. The molecular formula is C24H23Cl4NO. The number of fused-ring (bicyclic) bond motifs is 1. The van der Waals surface area contributed by atoms with Crippen LogP contribution in [-0.2, 0) is 11.3 Å². The number of piperidine rings is 1. The molecule has 0 N–H and O–H groups in total. The molecule has 1 heterocycles. The van der Waals surface area contributed by atoms with E-state index in [9.17, 15) is 0 Å². The molecule has 0 aromatic heterocycles. The highest BCUT2D eigenvalue weighted by molar-refractivity contribution is 6.67. The van der Waals surface area contributed by atoms with Gasteiger partial charge in [-0.3, -0.25) is 4.90 Å². The van der Waals surface area contributed by atoms with E-state index in [0.29, 0.717) is 13.2 Å². The van der Waals surface area contributed by atoms with Crippen molar-refractivity contribution in [3.8, 4) is 0 Å². The van der Waals surface area contributed by atoms with Crippen molar-refractivity contribution in [2.75, 3.05) is 19.6 Å². The first-order valence-corrected chi connectivity index (χ1v) is 11.5. The molecule has 3 aromatic rings. The third-order valence-electron chi connectivity index (χ3n) is 5.62. The Labute approximate surface area is 197 Å². The smallest absolute Gasteiger partial charge is 0.203 e. The van der Waals surface area contributed by atoms with E-state index in [2.05, 4.69) is 59.5 Å². The minimum atomic E-state index is -1.30. The van der Waals surface area contributed by atoms with Gasteiger partial charge in [0.2, 0.25) is 3.79 Å². The van der Waals surface area contributed by atoms with Crippen molar-refractivity contribution in [2.24, 2.45) is 0 Å². The minimum absolute atomic E-state index is 0.00116. The molecule has 2 nitrogen and oxygen atoms in total. The van der Waals surface area contributed by atoms with Crippen molar-refractivity contribution in [1.82, 2.24) is 4.90 Å². The van der Waals surface area contributed by atoms with Crippen molar-refractivity contribution in [3.63, 3.8) is 0 Å². The number of benzene rings is 3. The van der Waals surface area contributed by atoms with E-state index in [-0.39, 0.29) is 12.0 Å². The predicted octanol–water partition coefficient (Wildman–Crippen LogP) is 7.24. The minimum Gasteiger partial charge on any atom is -0.372 e. The van der Waals surface area contributed by atoms with Gasteiger partial charge in [-0.15, -0.1) is 0 Å². The van der Waals surface area contributed by atoms with Gasteiger partial charge in [-0.2, -0.15) is 0 Å². The van der Waals surface area contributed by atoms with Crippen molar-refractivity contribution >= 4 is 57.2 Å². The summed E-state index contributed by atoms with van der Waals surface area (Å²) in [6.45, 7) is 2.51. The molecule has 0 spiro atoms.